The number of rotatable bonds is 6. The fourth-order valence-electron chi connectivity index (χ4n) is 1.67. The third kappa shape index (κ3) is 4.20. The van der Waals surface area contributed by atoms with Gasteiger partial charge in [-0.05, 0) is 30.5 Å². The number of hydrogen-bond donors (Lipinski definition) is 1. The molecule has 5 heteroatoms. The van der Waals surface area contributed by atoms with Crippen LogP contribution in [0.4, 0.5) is 5.69 Å². The van der Waals surface area contributed by atoms with Gasteiger partial charge in [-0.3, -0.25) is 4.79 Å². The Morgan fingerprint density at radius 1 is 1.25 bits per heavy atom. The Bertz CT molecular complexity index is 574. The van der Waals surface area contributed by atoms with Crippen molar-refractivity contribution in [1.29, 1.82) is 0 Å². The first kappa shape index (κ1) is 16.4. The van der Waals surface area contributed by atoms with E-state index in [2.05, 4.69) is 25.7 Å². The number of anilines is 1. The summed E-state index contributed by atoms with van der Waals surface area (Å²) in [4.78, 5) is 11.9. The summed E-state index contributed by atoms with van der Waals surface area (Å²) in [6, 6.07) is 7.40. The minimum Gasteiger partial charge on any atom is -0.325 e. The Hall–Kier alpha value is -1.62. The second-order valence-electron chi connectivity index (χ2n) is 5.03. The zero-order valence-electron chi connectivity index (χ0n) is 12.1. The summed E-state index contributed by atoms with van der Waals surface area (Å²) in [6.07, 6.45) is 1.29. The van der Waals surface area contributed by atoms with E-state index in [1.165, 1.54) is 13.0 Å². The molecule has 0 aliphatic carbocycles. The van der Waals surface area contributed by atoms with E-state index >= 15 is 0 Å². The van der Waals surface area contributed by atoms with Crippen molar-refractivity contribution in [3.05, 3.63) is 42.5 Å². The van der Waals surface area contributed by atoms with Crippen LogP contribution in [0.5, 0.6) is 0 Å². The van der Waals surface area contributed by atoms with Crippen LogP contribution in [0.2, 0.25) is 0 Å². The van der Waals surface area contributed by atoms with Crippen molar-refractivity contribution >= 4 is 21.4 Å². The second-order valence-corrected chi connectivity index (χ2v) is 7.39. The standard InChI is InChI=1S/C15H21NO3S/c1-5-10-20(18,19)12(4)15(17)16-14-8-6-13(7-9-14)11(2)3/h5-9,11-12H,1,10H2,2-4H3,(H,16,17). The third-order valence-electron chi connectivity index (χ3n) is 3.10. The Morgan fingerprint density at radius 2 is 1.80 bits per heavy atom. The number of nitrogens with one attached hydrogen (secondary N) is 1. The van der Waals surface area contributed by atoms with Gasteiger partial charge in [0, 0.05) is 5.69 Å². The fourth-order valence-corrected chi connectivity index (χ4v) is 2.67. The summed E-state index contributed by atoms with van der Waals surface area (Å²) in [6.45, 7) is 8.93. The quantitative estimate of drug-likeness (QED) is 0.821. The minimum atomic E-state index is -3.48. The molecule has 0 aliphatic rings. The van der Waals surface area contributed by atoms with Crippen LogP contribution in [0.15, 0.2) is 36.9 Å². The first-order valence-electron chi connectivity index (χ1n) is 6.51. The van der Waals surface area contributed by atoms with Gasteiger partial charge in [-0.1, -0.05) is 32.1 Å². The number of sulfone groups is 1. The molecule has 0 heterocycles. The van der Waals surface area contributed by atoms with Crippen LogP contribution in [-0.4, -0.2) is 25.3 Å². The predicted octanol–water partition coefficient (Wildman–Crippen LogP) is 2.74. The lowest BCUT2D eigenvalue weighted by molar-refractivity contribution is -0.115. The molecule has 1 N–H and O–H groups in total. The van der Waals surface area contributed by atoms with Crippen LogP contribution in [0.3, 0.4) is 0 Å². The normalized spacial score (nSPS) is 13.0. The van der Waals surface area contributed by atoms with Crippen LogP contribution in [0, 0.1) is 0 Å². The molecule has 1 amide bonds. The van der Waals surface area contributed by atoms with E-state index in [-0.39, 0.29) is 5.75 Å². The van der Waals surface area contributed by atoms with E-state index in [1.54, 1.807) is 12.1 Å². The zero-order chi connectivity index (χ0) is 15.3. The Kier molecular flexibility index (Phi) is 5.51. The van der Waals surface area contributed by atoms with Crippen molar-refractivity contribution in [3.8, 4) is 0 Å². The first-order chi connectivity index (χ1) is 9.27. The van der Waals surface area contributed by atoms with Gasteiger partial charge in [-0.2, -0.15) is 0 Å². The third-order valence-corrected chi connectivity index (χ3v) is 5.09. The number of amides is 1. The first-order valence-corrected chi connectivity index (χ1v) is 8.22. The summed E-state index contributed by atoms with van der Waals surface area (Å²) in [5, 5.41) is 1.53. The fraction of sp³-hybridized carbons (Fsp3) is 0.400. The Balaban J connectivity index is 2.78. The van der Waals surface area contributed by atoms with E-state index in [4.69, 9.17) is 0 Å². The molecule has 0 spiro atoms. The van der Waals surface area contributed by atoms with Crippen molar-refractivity contribution in [2.75, 3.05) is 11.1 Å². The molecule has 0 radical (unpaired) electrons. The summed E-state index contributed by atoms with van der Waals surface area (Å²) in [7, 11) is -3.48. The maximum Gasteiger partial charge on any atom is 0.242 e. The van der Waals surface area contributed by atoms with Gasteiger partial charge in [0.1, 0.15) is 5.25 Å². The van der Waals surface area contributed by atoms with Gasteiger partial charge < -0.3 is 5.32 Å². The SMILES string of the molecule is C=CCS(=O)(=O)C(C)C(=O)Nc1ccc(C(C)C)cc1. The highest BCUT2D eigenvalue weighted by molar-refractivity contribution is 7.92. The van der Waals surface area contributed by atoms with E-state index < -0.39 is 21.0 Å². The van der Waals surface area contributed by atoms with Crippen molar-refractivity contribution in [2.24, 2.45) is 0 Å². The predicted molar refractivity (Wildman–Crippen MR) is 82.6 cm³/mol. The van der Waals surface area contributed by atoms with Gasteiger partial charge in [-0.15, -0.1) is 6.58 Å². The second kappa shape index (κ2) is 6.70. The molecule has 1 aromatic rings. The highest BCUT2D eigenvalue weighted by Crippen LogP contribution is 2.17. The van der Waals surface area contributed by atoms with Gasteiger partial charge in [0.05, 0.1) is 5.75 Å². The summed E-state index contributed by atoms with van der Waals surface area (Å²) in [5.41, 5.74) is 1.76. The van der Waals surface area contributed by atoms with Gasteiger partial charge in [-0.25, -0.2) is 8.42 Å². The lowest BCUT2D eigenvalue weighted by atomic mass is 10.0. The lowest BCUT2D eigenvalue weighted by Crippen LogP contribution is -2.33. The van der Waals surface area contributed by atoms with Gasteiger partial charge >= 0.3 is 0 Å². The molecular formula is C15H21NO3S. The Morgan fingerprint density at radius 3 is 2.25 bits per heavy atom. The monoisotopic (exact) mass is 295 g/mol. The van der Waals surface area contributed by atoms with Crippen molar-refractivity contribution in [2.45, 2.75) is 31.9 Å². The average molecular weight is 295 g/mol. The number of carbonyl (C=O) groups excluding carboxylic acids is 1. The van der Waals surface area contributed by atoms with E-state index in [0.29, 0.717) is 11.6 Å². The highest BCUT2D eigenvalue weighted by Gasteiger charge is 2.26. The van der Waals surface area contributed by atoms with Crippen molar-refractivity contribution < 1.29 is 13.2 Å². The molecule has 1 aromatic carbocycles. The highest BCUT2D eigenvalue weighted by atomic mass is 32.2. The van der Waals surface area contributed by atoms with E-state index in [9.17, 15) is 13.2 Å². The van der Waals surface area contributed by atoms with Crippen LogP contribution >= 0.6 is 0 Å². The van der Waals surface area contributed by atoms with Crippen molar-refractivity contribution in [3.63, 3.8) is 0 Å². The molecule has 0 fully saturated rings. The van der Waals surface area contributed by atoms with Crippen LogP contribution < -0.4 is 5.32 Å². The molecule has 1 atom stereocenters. The van der Waals surface area contributed by atoms with Gasteiger partial charge in [0.25, 0.3) is 0 Å². The summed E-state index contributed by atoms with van der Waals surface area (Å²) < 4.78 is 23.5. The largest absolute Gasteiger partial charge is 0.325 e. The van der Waals surface area contributed by atoms with Crippen molar-refractivity contribution in [1.82, 2.24) is 0 Å². The van der Waals surface area contributed by atoms with Crippen LogP contribution in [0.1, 0.15) is 32.3 Å². The van der Waals surface area contributed by atoms with Crippen LogP contribution in [0.25, 0.3) is 0 Å². The zero-order valence-corrected chi connectivity index (χ0v) is 12.9. The maximum atomic E-state index is 11.9. The molecule has 110 valence electrons. The minimum absolute atomic E-state index is 0.201. The van der Waals surface area contributed by atoms with E-state index in [1.807, 2.05) is 12.1 Å². The molecule has 1 unspecified atom stereocenters. The summed E-state index contributed by atoms with van der Waals surface area (Å²) in [5.74, 6) is -0.316. The van der Waals surface area contributed by atoms with Gasteiger partial charge in [0.15, 0.2) is 9.84 Å². The van der Waals surface area contributed by atoms with Gasteiger partial charge in [0.2, 0.25) is 5.91 Å². The van der Waals surface area contributed by atoms with E-state index in [0.717, 1.165) is 5.56 Å². The molecule has 4 nitrogen and oxygen atoms in total. The smallest absolute Gasteiger partial charge is 0.242 e. The number of carbonyl (C=O) groups is 1. The molecule has 0 aliphatic heterocycles. The molecule has 20 heavy (non-hydrogen) atoms. The number of hydrogen-bond acceptors (Lipinski definition) is 3. The molecule has 0 saturated heterocycles. The lowest BCUT2D eigenvalue weighted by Gasteiger charge is -2.13. The molecule has 0 bridgehead atoms. The molecule has 1 rings (SSSR count). The Labute approximate surface area is 120 Å². The molecule has 0 aromatic heterocycles. The average Bonchev–Trinajstić information content (AvgIpc) is 2.38. The molecule has 0 saturated carbocycles. The topological polar surface area (TPSA) is 63.2 Å². The summed E-state index contributed by atoms with van der Waals surface area (Å²) >= 11 is 0. The van der Waals surface area contributed by atoms with Crippen LogP contribution in [-0.2, 0) is 14.6 Å². The number of benzene rings is 1. The molecular weight excluding hydrogens is 274 g/mol. The maximum absolute atomic E-state index is 11.9.